The molecular formula is C19H21N5O2S. The number of nitro benzene ring substituents is 1. The Morgan fingerprint density at radius 2 is 1.96 bits per heavy atom. The fourth-order valence-electron chi connectivity index (χ4n) is 3.29. The van der Waals surface area contributed by atoms with Crippen LogP contribution in [0.25, 0.3) is 10.2 Å². The molecule has 0 radical (unpaired) electrons. The molecule has 3 aromatic rings. The van der Waals surface area contributed by atoms with E-state index in [-0.39, 0.29) is 10.6 Å². The third kappa shape index (κ3) is 4.16. The molecule has 3 heterocycles. The van der Waals surface area contributed by atoms with Crippen molar-refractivity contribution in [3.05, 3.63) is 52.2 Å². The second kappa shape index (κ2) is 7.87. The first-order valence-electron chi connectivity index (χ1n) is 9.18. The van der Waals surface area contributed by atoms with Gasteiger partial charge in [0.25, 0.3) is 5.69 Å². The molecule has 8 heteroatoms. The molecule has 1 aliphatic rings. The van der Waals surface area contributed by atoms with E-state index in [9.17, 15) is 10.1 Å². The van der Waals surface area contributed by atoms with Gasteiger partial charge in [0.1, 0.15) is 5.82 Å². The predicted octanol–water partition coefficient (Wildman–Crippen LogP) is 4.59. The summed E-state index contributed by atoms with van der Waals surface area (Å²) in [7, 11) is 0. The van der Waals surface area contributed by atoms with Gasteiger partial charge < -0.3 is 10.2 Å². The van der Waals surface area contributed by atoms with Crippen LogP contribution in [0.2, 0.25) is 0 Å². The monoisotopic (exact) mass is 383 g/mol. The van der Waals surface area contributed by atoms with E-state index in [4.69, 9.17) is 0 Å². The highest BCUT2D eigenvalue weighted by Crippen LogP contribution is 2.29. The molecule has 140 valence electrons. The summed E-state index contributed by atoms with van der Waals surface area (Å²) in [5.74, 6) is 1.05. The van der Waals surface area contributed by atoms with Crippen LogP contribution in [-0.4, -0.2) is 28.0 Å². The van der Waals surface area contributed by atoms with Crippen molar-refractivity contribution in [3.8, 4) is 0 Å². The van der Waals surface area contributed by atoms with Crippen molar-refractivity contribution in [1.29, 1.82) is 0 Å². The zero-order valence-corrected chi connectivity index (χ0v) is 15.7. The number of aromatic nitrogens is 2. The Hall–Kier alpha value is -2.74. The summed E-state index contributed by atoms with van der Waals surface area (Å²) in [5, 5.41) is 14.9. The molecule has 0 amide bonds. The lowest BCUT2D eigenvalue weighted by atomic mass is 10.2. The third-order valence-corrected chi connectivity index (χ3v) is 5.74. The van der Waals surface area contributed by atoms with E-state index >= 15 is 0 Å². The first-order chi connectivity index (χ1) is 13.2. The van der Waals surface area contributed by atoms with Crippen LogP contribution in [-0.2, 0) is 6.54 Å². The quantitative estimate of drug-likeness (QED) is 0.512. The van der Waals surface area contributed by atoms with Crippen LogP contribution in [0.4, 0.5) is 16.6 Å². The van der Waals surface area contributed by atoms with Crippen LogP contribution in [0.15, 0.2) is 36.5 Å². The van der Waals surface area contributed by atoms with E-state index in [1.165, 1.54) is 43.1 Å². The summed E-state index contributed by atoms with van der Waals surface area (Å²) in [6, 6.07) is 8.92. The molecule has 27 heavy (non-hydrogen) atoms. The van der Waals surface area contributed by atoms with Crippen molar-refractivity contribution in [1.82, 2.24) is 9.97 Å². The average molecular weight is 383 g/mol. The zero-order valence-electron chi connectivity index (χ0n) is 14.9. The number of benzene rings is 1. The standard InChI is InChI=1S/C19H21N5O2S/c25-24(26)15-6-7-16-17(11-15)27-19(22-16)21-13-14-5-8-18(20-12-14)23-9-3-1-2-4-10-23/h5-8,11-12H,1-4,9-10,13H2,(H,21,22). The number of pyridine rings is 1. The number of non-ortho nitro benzene ring substituents is 1. The Kier molecular flexibility index (Phi) is 5.15. The van der Waals surface area contributed by atoms with Crippen LogP contribution in [0, 0.1) is 10.1 Å². The zero-order chi connectivity index (χ0) is 18.6. The molecule has 1 fully saturated rings. The second-order valence-electron chi connectivity index (χ2n) is 6.71. The molecule has 1 saturated heterocycles. The van der Waals surface area contributed by atoms with E-state index in [0.29, 0.717) is 6.54 Å². The SMILES string of the molecule is O=[N+]([O-])c1ccc2nc(NCc3ccc(N4CCCCCC4)nc3)sc2c1. The third-order valence-electron chi connectivity index (χ3n) is 4.77. The highest BCUT2D eigenvalue weighted by Gasteiger charge is 2.12. The van der Waals surface area contributed by atoms with Crippen molar-refractivity contribution < 1.29 is 4.92 Å². The van der Waals surface area contributed by atoms with Crippen LogP contribution >= 0.6 is 11.3 Å². The maximum Gasteiger partial charge on any atom is 0.270 e. The Balaban J connectivity index is 1.41. The van der Waals surface area contributed by atoms with E-state index in [1.54, 1.807) is 12.1 Å². The van der Waals surface area contributed by atoms with Gasteiger partial charge in [0.2, 0.25) is 0 Å². The molecule has 4 rings (SSSR count). The molecule has 1 N–H and O–H groups in total. The molecule has 0 atom stereocenters. The van der Waals surface area contributed by atoms with Gasteiger partial charge in [-0.05, 0) is 30.5 Å². The number of hydrogen-bond donors (Lipinski definition) is 1. The molecule has 0 saturated carbocycles. The lowest BCUT2D eigenvalue weighted by molar-refractivity contribution is -0.384. The van der Waals surface area contributed by atoms with Crippen molar-refractivity contribution >= 4 is 38.2 Å². The van der Waals surface area contributed by atoms with Gasteiger partial charge in [0, 0.05) is 38.0 Å². The van der Waals surface area contributed by atoms with Gasteiger partial charge in [-0.25, -0.2) is 9.97 Å². The van der Waals surface area contributed by atoms with Gasteiger partial charge in [-0.3, -0.25) is 10.1 Å². The Morgan fingerprint density at radius 1 is 1.15 bits per heavy atom. The first kappa shape index (κ1) is 17.7. The summed E-state index contributed by atoms with van der Waals surface area (Å²) in [6.07, 6.45) is 7.00. The number of nitrogens with zero attached hydrogens (tertiary/aromatic N) is 4. The molecule has 1 aromatic carbocycles. The van der Waals surface area contributed by atoms with E-state index in [0.717, 1.165) is 39.8 Å². The minimum absolute atomic E-state index is 0.0889. The van der Waals surface area contributed by atoms with Crippen LogP contribution in [0.5, 0.6) is 0 Å². The highest BCUT2D eigenvalue weighted by atomic mass is 32.1. The van der Waals surface area contributed by atoms with Crippen molar-refractivity contribution in [3.63, 3.8) is 0 Å². The number of nitro groups is 1. The number of hydrogen-bond acceptors (Lipinski definition) is 7. The fraction of sp³-hybridized carbons (Fsp3) is 0.368. The molecule has 0 unspecified atom stereocenters. The summed E-state index contributed by atoms with van der Waals surface area (Å²) < 4.78 is 0.807. The van der Waals surface area contributed by atoms with Crippen molar-refractivity contribution in [2.24, 2.45) is 0 Å². The maximum atomic E-state index is 10.9. The van der Waals surface area contributed by atoms with Crippen LogP contribution in [0.1, 0.15) is 31.2 Å². The van der Waals surface area contributed by atoms with Gasteiger partial charge in [0.05, 0.1) is 15.1 Å². The Labute approximate surface area is 161 Å². The van der Waals surface area contributed by atoms with Gasteiger partial charge in [0.15, 0.2) is 5.13 Å². The number of anilines is 2. The van der Waals surface area contributed by atoms with Crippen molar-refractivity contribution in [2.75, 3.05) is 23.3 Å². The molecular weight excluding hydrogens is 362 g/mol. The lowest BCUT2D eigenvalue weighted by Gasteiger charge is -2.21. The molecule has 1 aliphatic heterocycles. The maximum absolute atomic E-state index is 10.9. The Morgan fingerprint density at radius 3 is 2.67 bits per heavy atom. The average Bonchev–Trinajstić information content (AvgIpc) is 2.89. The minimum atomic E-state index is -0.385. The Bertz CT molecular complexity index is 933. The van der Waals surface area contributed by atoms with Gasteiger partial charge >= 0.3 is 0 Å². The van der Waals surface area contributed by atoms with E-state index < -0.39 is 0 Å². The van der Waals surface area contributed by atoms with Crippen LogP contribution in [0.3, 0.4) is 0 Å². The van der Waals surface area contributed by atoms with Gasteiger partial charge in [-0.1, -0.05) is 30.2 Å². The first-order valence-corrected chi connectivity index (χ1v) is 9.99. The van der Waals surface area contributed by atoms with Crippen molar-refractivity contribution in [2.45, 2.75) is 32.2 Å². The lowest BCUT2D eigenvalue weighted by Crippen LogP contribution is -2.24. The summed E-state index contributed by atoms with van der Waals surface area (Å²) >= 11 is 1.42. The second-order valence-corrected chi connectivity index (χ2v) is 7.74. The highest BCUT2D eigenvalue weighted by molar-refractivity contribution is 7.22. The number of nitrogens with one attached hydrogen (secondary N) is 1. The summed E-state index contributed by atoms with van der Waals surface area (Å²) in [6.45, 7) is 2.79. The normalized spacial score (nSPS) is 14.9. The topological polar surface area (TPSA) is 84.2 Å². The summed E-state index contributed by atoms with van der Waals surface area (Å²) in [4.78, 5) is 22.0. The van der Waals surface area contributed by atoms with Gasteiger partial charge in [-0.2, -0.15) is 0 Å². The number of rotatable bonds is 5. The minimum Gasteiger partial charge on any atom is -0.357 e. The predicted molar refractivity (Wildman–Crippen MR) is 109 cm³/mol. The fourth-order valence-corrected chi connectivity index (χ4v) is 4.18. The molecule has 2 aromatic heterocycles. The summed E-state index contributed by atoms with van der Waals surface area (Å²) in [5.41, 5.74) is 1.94. The number of fused-ring (bicyclic) bond motifs is 1. The molecule has 0 aliphatic carbocycles. The van der Waals surface area contributed by atoms with Gasteiger partial charge in [-0.15, -0.1) is 0 Å². The van der Waals surface area contributed by atoms with Crippen LogP contribution < -0.4 is 10.2 Å². The number of thiazole rings is 1. The largest absolute Gasteiger partial charge is 0.357 e. The van der Waals surface area contributed by atoms with E-state index in [2.05, 4.69) is 32.3 Å². The smallest absolute Gasteiger partial charge is 0.270 e. The van der Waals surface area contributed by atoms with E-state index in [1.807, 2.05) is 6.20 Å². The molecule has 0 spiro atoms. The molecule has 7 nitrogen and oxygen atoms in total. The molecule has 0 bridgehead atoms.